The third-order valence-corrected chi connectivity index (χ3v) is 7.36. The van der Waals surface area contributed by atoms with Crippen LogP contribution >= 0.6 is 22.6 Å². The average molecular weight is 532 g/mol. The maximum atomic E-state index is 12.6. The van der Waals surface area contributed by atoms with E-state index in [4.69, 9.17) is 9.47 Å². The van der Waals surface area contributed by atoms with Crippen molar-refractivity contribution >= 4 is 34.7 Å². The number of benzene rings is 2. The molecule has 4 rings (SSSR count). The van der Waals surface area contributed by atoms with E-state index in [1.807, 2.05) is 49.4 Å². The quantitative estimate of drug-likeness (QED) is 0.276. The lowest BCUT2D eigenvalue weighted by atomic mass is 9.90. The van der Waals surface area contributed by atoms with Gasteiger partial charge < -0.3 is 9.47 Å². The molecule has 0 unspecified atom stereocenters. The Hall–Kier alpha value is -2.09. The lowest BCUT2D eigenvalue weighted by molar-refractivity contribution is -0.123. The van der Waals surface area contributed by atoms with E-state index in [0.29, 0.717) is 24.9 Å². The van der Waals surface area contributed by atoms with Crippen LogP contribution in [-0.4, -0.2) is 18.7 Å². The largest absolute Gasteiger partial charge is 0.490 e. The molecule has 1 amide bonds. The number of nitrogens with one attached hydrogen (secondary N) is 1. The van der Waals surface area contributed by atoms with Gasteiger partial charge in [0.15, 0.2) is 11.5 Å². The van der Waals surface area contributed by atoms with E-state index >= 15 is 0 Å². The zero-order valence-corrected chi connectivity index (χ0v) is 20.2. The Kier molecular flexibility index (Phi) is 6.84. The molecule has 1 N–H and O–H groups in total. The molecule has 3 atom stereocenters. The molecule has 2 aliphatic rings. The summed E-state index contributed by atoms with van der Waals surface area (Å²) < 4.78 is 12.8. The van der Waals surface area contributed by atoms with Gasteiger partial charge in [0.2, 0.25) is 5.91 Å². The second-order valence-corrected chi connectivity index (χ2v) is 9.77. The fraction of sp³-hybridized carbons (Fsp3) is 0.440. The fourth-order valence-electron chi connectivity index (χ4n) is 4.89. The van der Waals surface area contributed by atoms with Gasteiger partial charge in [-0.2, -0.15) is 5.10 Å². The average Bonchev–Trinajstić information content (AvgIpc) is 3.39. The van der Waals surface area contributed by atoms with Crippen LogP contribution in [0.5, 0.6) is 11.5 Å². The van der Waals surface area contributed by atoms with Gasteiger partial charge in [-0.15, -0.1) is 0 Å². The number of carbonyl (C=O) groups is 1. The van der Waals surface area contributed by atoms with Crippen molar-refractivity contribution in [2.75, 3.05) is 6.61 Å². The molecule has 31 heavy (non-hydrogen) atoms. The lowest BCUT2D eigenvalue weighted by Gasteiger charge is -2.15. The zero-order chi connectivity index (χ0) is 21.8. The molecule has 0 heterocycles. The highest BCUT2D eigenvalue weighted by Gasteiger charge is 2.64. The van der Waals surface area contributed by atoms with Crippen LogP contribution in [0.1, 0.15) is 50.7 Å². The minimum absolute atomic E-state index is 0.0493. The molecule has 0 bridgehead atoms. The van der Waals surface area contributed by atoms with Crippen LogP contribution in [0.15, 0.2) is 47.6 Å². The number of hydrogen-bond donors (Lipinski definition) is 1. The van der Waals surface area contributed by atoms with E-state index < -0.39 is 0 Å². The van der Waals surface area contributed by atoms with Crippen molar-refractivity contribution in [3.63, 3.8) is 0 Å². The second kappa shape index (κ2) is 9.59. The van der Waals surface area contributed by atoms with Crippen LogP contribution in [0, 0.1) is 20.8 Å². The predicted molar refractivity (Wildman–Crippen MR) is 130 cm³/mol. The van der Waals surface area contributed by atoms with Crippen LogP contribution in [0.3, 0.4) is 0 Å². The number of carbonyl (C=O) groups excluding carboxylic acids is 1. The lowest BCUT2D eigenvalue weighted by Crippen LogP contribution is -2.22. The molecule has 2 aromatic rings. The van der Waals surface area contributed by atoms with E-state index in [-0.39, 0.29) is 17.2 Å². The minimum Gasteiger partial charge on any atom is -0.490 e. The summed E-state index contributed by atoms with van der Waals surface area (Å²) in [6.45, 7) is 5.21. The second-order valence-electron chi connectivity index (χ2n) is 8.61. The molecule has 2 aliphatic carbocycles. The van der Waals surface area contributed by atoms with Gasteiger partial charge in [0.25, 0.3) is 0 Å². The van der Waals surface area contributed by atoms with E-state index in [2.05, 4.69) is 40.0 Å². The SMILES string of the molecule is CCOc1cc(/C=N\NC(=O)[C@@H]2[C@H]3CCCC[C@]32C)cc(I)c1OCc1ccccc1. The summed E-state index contributed by atoms with van der Waals surface area (Å²) in [5, 5.41) is 4.23. The van der Waals surface area contributed by atoms with Crippen LogP contribution in [0.25, 0.3) is 0 Å². The zero-order valence-electron chi connectivity index (χ0n) is 18.1. The van der Waals surface area contributed by atoms with Gasteiger partial charge in [0.1, 0.15) is 6.61 Å². The van der Waals surface area contributed by atoms with Crippen molar-refractivity contribution in [1.82, 2.24) is 5.43 Å². The van der Waals surface area contributed by atoms with Crippen LogP contribution in [0.4, 0.5) is 0 Å². The Labute approximate surface area is 197 Å². The van der Waals surface area contributed by atoms with E-state index in [1.54, 1.807) is 6.21 Å². The highest BCUT2D eigenvalue weighted by atomic mass is 127. The number of hydrazone groups is 1. The Morgan fingerprint density at radius 3 is 2.77 bits per heavy atom. The summed E-state index contributed by atoms with van der Waals surface area (Å²) in [6.07, 6.45) is 6.47. The van der Waals surface area contributed by atoms with Gasteiger partial charge in [-0.25, -0.2) is 5.43 Å². The van der Waals surface area contributed by atoms with Crippen molar-refractivity contribution in [1.29, 1.82) is 0 Å². The molecule has 0 aliphatic heterocycles. The highest BCUT2D eigenvalue weighted by molar-refractivity contribution is 14.1. The van der Waals surface area contributed by atoms with Gasteiger partial charge in [0, 0.05) is 5.92 Å². The first kappa shape index (κ1) is 22.1. The Morgan fingerprint density at radius 1 is 1.26 bits per heavy atom. The summed E-state index contributed by atoms with van der Waals surface area (Å²) >= 11 is 2.25. The van der Waals surface area contributed by atoms with Gasteiger partial charge in [0.05, 0.1) is 16.4 Å². The molecular weight excluding hydrogens is 503 g/mol. The molecule has 0 radical (unpaired) electrons. The first-order chi connectivity index (χ1) is 15.0. The van der Waals surface area contributed by atoms with Crippen molar-refractivity contribution in [3.05, 3.63) is 57.2 Å². The highest BCUT2D eigenvalue weighted by Crippen LogP contribution is 2.66. The number of rotatable bonds is 8. The maximum absolute atomic E-state index is 12.6. The maximum Gasteiger partial charge on any atom is 0.244 e. The molecule has 6 heteroatoms. The van der Waals surface area contributed by atoms with Crippen molar-refractivity contribution in [2.24, 2.45) is 22.4 Å². The number of amides is 1. The molecule has 2 saturated carbocycles. The third-order valence-electron chi connectivity index (χ3n) is 6.56. The van der Waals surface area contributed by atoms with Crippen LogP contribution < -0.4 is 14.9 Å². The predicted octanol–water partition coefficient (Wildman–Crippen LogP) is 5.55. The Morgan fingerprint density at radius 2 is 2.06 bits per heavy atom. The fourth-order valence-corrected chi connectivity index (χ4v) is 5.67. The number of hydrogen-bond acceptors (Lipinski definition) is 4. The van der Waals surface area contributed by atoms with Gasteiger partial charge >= 0.3 is 0 Å². The number of fused-ring (bicyclic) bond motifs is 1. The first-order valence-electron chi connectivity index (χ1n) is 11.0. The molecule has 0 saturated heterocycles. The molecule has 164 valence electrons. The van der Waals surface area contributed by atoms with E-state index in [0.717, 1.165) is 26.9 Å². The minimum atomic E-state index is 0.0493. The molecule has 0 spiro atoms. The molecular formula is C25H29IN2O3. The smallest absolute Gasteiger partial charge is 0.244 e. The van der Waals surface area contributed by atoms with Crippen LogP contribution in [-0.2, 0) is 11.4 Å². The van der Waals surface area contributed by atoms with Gasteiger partial charge in [-0.1, -0.05) is 50.1 Å². The molecule has 2 fully saturated rings. The van der Waals surface area contributed by atoms with Gasteiger partial charge in [-0.05, 0) is 76.9 Å². The summed E-state index contributed by atoms with van der Waals surface area (Å²) in [7, 11) is 0. The van der Waals surface area contributed by atoms with Crippen molar-refractivity contribution in [3.8, 4) is 11.5 Å². The number of halogens is 1. The molecule has 5 nitrogen and oxygen atoms in total. The van der Waals surface area contributed by atoms with Gasteiger partial charge in [-0.3, -0.25) is 4.79 Å². The normalized spacial score (nSPS) is 24.5. The number of ether oxygens (including phenoxy) is 2. The first-order valence-corrected chi connectivity index (χ1v) is 12.1. The molecule has 2 aromatic carbocycles. The molecule has 0 aromatic heterocycles. The standard InChI is InChI=1S/C25H29IN2O3/c1-3-30-21-14-18(13-20(26)23(21)31-16-17-9-5-4-6-10-17)15-27-28-24(29)22-19-11-7-8-12-25(19,22)2/h4-6,9-10,13-15,19,22H,3,7-8,11-12,16H2,1-2H3,(H,28,29)/b27-15-/t19-,22+,25-/m1/s1. The van der Waals surface area contributed by atoms with Crippen LogP contribution in [0.2, 0.25) is 0 Å². The summed E-state index contributed by atoms with van der Waals surface area (Å²) in [5.74, 6) is 2.09. The van der Waals surface area contributed by atoms with Crippen molar-refractivity contribution < 1.29 is 14.3 Å². The Bertz CT molecular complexity index is 963. The van der Waals surface area contributed by atoms with E-state index in [1.165, 1.54) is 19.3 Å². The summed E-state index contributed by atoms with van der Waals surface area (Å²) in [6, 6.07) is 13.9. The summed E-state index contributed by atoms with van der Waals surface area (Å²) in [4.78, 5) is 12.6. The Balaban J connectivity index is 1.41. The third kappa shape index (κ3) is 4.89. The summed E-state index contributed by atoms with van der Waals surface area (Å²) in [5.41, 5.74) is 4.91. The van der Waals surface area contributed by atoms with E-state index in [9.17, 15) is 4.79 Å². The van der Waals surface area contributed by atoms with Crippen molar-refractivity contribution in [2.45, 2.75) is 46.1 Å². The topological polar surface area (TPSA) is 59.9 Å². The monoisotopic (exact) mass is 532 g/mol. The number of nitrogens with zero attached hydrogens (tertiary/aromatic N) is 1.